The van der Waals surface area contributed by atoms with Gasteiger partial charge in [-0.1, -0.05) is 11.6 Å². The topological polar surface area (TPSA) is 52.1 Å². The highest BCUT2D eigenvalue weighted by Crippen LogP contribution is 2.24. The summed E-state index contributed by atoms with van der Waals surface area (Å²) in [7, 11) is 1.31. The van der Waals surface area contributed by atoms with Gasteiger partial charge in [-0.25, -0.2) is 9.78 Å². The van der Waals surface area contributed by atoms with Gasteiger partial charge in [-0.3, -0.25) is 4.98 Å². The van der Waals surface area contributed by atoms with E-state index in [4.69, 9.17) is 11.6 Å². The maximum absolute atomic E-state index is 11.6. The van der Waals surface area contributed by atoms with Gasteiger partial charge in [-0.05, 0) is 29.8 Å². The number of hydrogen-bond acceptors (Lipinski definition) is 4. The number of methoxy groups -OCH3 is 1. The minimum Gasteiger partial charge on any atom is -0.464 e. The predicted molar refractivity (Wildman–Crippen MR) is 63.8 cm³/mol. The minimum atomic E-state index is -0.515. The van der Waals surface area contributed by atoms with Gasteiger partial charge in [0, 0.05) is 18.0 Å². The molecule has 0 bridgehead atoms. The normalized spacial score (nSPS) is 10.0. The summed E-state index contributed by atoms with van der Waals surface area (Å²) in [5.41, 5.74) is 1.71. The molecule has 86 valence electrons. The Morgan fingerprint density at radius 1 is 1.24 bits per heavy atom. The molecule has 2 aromatic heterocycles. The van der Waals surface area contributed by atoms with E-state index in [1.165, 1.54) is 7.11 Å². The van der Waals surface area contributed by atoms with Crippen LogP contribution in [0.15, 0.2) is 36.7 Å². The van der Waals surface area contributed by atoms with Gasteiger partial charge in [-0.2, -0.15) is 0 Å². The summed E-state index contributed by atoms with van der Waals surface area (Å²) in [5, 5.41) is 0.253. The molecule has 0 saturated heterocycles. The molecule has 0 fully saturated rings. The summed E-state index contributed by atoms with van der Waals surface area (Å²) in [5.74, 6) is -0.515. The van der Waals surface area contributed by atoms with Gasteiger partial charge in [0.1, 0.15) is 5.15 Å². The Labute approximate surface area is 103 Å². The summed E-state index contributed by atoms with van der Waals surface area (Å²) in [6, 6.07) is 6.94. The van der Waals surface area contributed by atoms with Crippen molar-refractivity contribution in [3.63, 3.8) is 0 Å². The molecule has 2 rings (SSSR count). The molecule has 0 aromatic carbocycles. The monoisotopic (exact) mass is 248 g/mol. The highest BCUT2D eigenvalue weighted by Gasteiger charge is 2.15. The van der Waals surface area contributed by atoms with Crippen LogP contribution >= 0.6 is 11.6 Å². The van der Waals surface area contributed by atoms with Crippen LogP contribution in [-0.4, -0.2) is 23.0 Å². The van der Waals surface area contributed by atoms with E-state index in [2.05, 4.69) is 14.7 Å². The number of pyridine rings is 2. The van der Waals surface area contributed by atoms with Crippen molar-refractivity contribution in [2.45, 2.75) is 0 Å². The largest absolute Gasteiger partial charge is 0.464 e. The Hall–Kier alpha value is -1.94. The van der Waals surface area contributed by atoms with Crippen molar-refractivity contribution >= 4 is 17.6 Å². The average Bonchev–Trinajstić information content (AvgIpc) is 2.38. The standard InChI is InChI=1S/C12H9ClN2O2/c1-17-12(16)11-9(2-3-10(13)15-11)8-4-6-14-7-5-8/h2-7H,1H3. The SMILES string of the molecule is COC(=O)c1nc(Cl)ccc1-c1ccncc1. The zero-order chi connectivity index (χ0) is 12.3. The van der Waals surface area contributed by atoms with Crippen LogP contribution in [0.4, 0.5) is 0 Å². The van der Waals surface area contributed by atoms with Gasteiger partial charge in [0.2, 0.25) is 0 Å². The van der Waals surface area contributed by atoms with Gasteiger partial charge < -0.3 is 4.74 Å². The lowest BCUT2D eigenvalue weighted by atomic mass is 10.1. The third-order valence-corrected chi connectivity index (χ3v) is 2.44. The first-order valence-electron chi connectivity index (χ1n) is 4.87. The molecule has 2 aromatic rings. The summed E-state index contributed by atoms with van der Waals surface area (Å²) in [4.78, 5) is 19.5. The second kappa shape index (κ2) is 4.93. The van der Waals surface area contributed by atoms with Crippen LogP contribution in [0.25, 0.3) is 11.1 Å². The van der Waals surface area contributed by atoms with Crippen molar-refractivity contribution in [1.82, 2.24) is 9.97 Å². The van der Waals surface area contributed by atoms with Gasteiger partial charge in [0.05, 0.1) is 7.11 Å². The third kappa shape index (κ3) is 2.42. The molecular weight excluding hydrogens is 240 g/mol. The first kappa shape index (κ1) is 11.5. The summed E-state index contributed by atoms with van der Waals surface area (Å²) in [6.45, 7) is 0. The summed E-state index contributed by atoms with van der Waals surface area (Å²) in [6.07, 6.45) is 3.29. The highest BCUT2D eigenvalue weighted by atomic mass is 35.5. The molecule has 4 nitrogen and oxygen atoms in total. The zero-order valence-electron chi connectivity index (χ0n) is 9.05. The fourth-order valence-electron chi connectivity index (χ4n) is 1.45. The quantitative estimate of drug-likeness (QED) is 0.606. The predicted octanol–water partition coefficient (Wildman–Crippen LogP) is 2.58. The Morgan fingerprint density at radius 3 is 2.59 bits per heavy atom. The fourth-order valence-corrected chi connectivity index (χ4v) is 1.60. The van der Waals surface area contributed by atoms with Gasteiger partial charge in [0.25, 0.3) is 0 Å². The van der Waals surface area contributed by atoms with Gasteiger partial charge in [0.15, 0.2) is 5.69 Å². The number of rotatable bonds is 2. The Bertz CT molecular complexity index is 543. The number of nitrogens with zero attached hydrogens (tertiary/aromatic N) is 2. The molecule has 0 unspecified atom stereocenters. The van der Waals surface area contributed by atoms with Crippen LogP contribution in [0, 0.1) is 0 Å². The Kier molecular flexibility index (Phi) is 3.35. The molecule has 0 saturated carbocycles. The van der Waals surface area contributed by atoms with Crippen molar-refractivity contribution in [1.29, 1.82) is 0 Å². The van der Waals surface area contributed by atoms with Crippen molar-refractivity contribution in [3.8, 4) is 11.1 Å². The van der Waals surface area contributed by atoms with Crippen LogP contribution in [-0.2, 0) is 4.74 Å². The van der Waals surface area contributed by atoms with E-state index in [9.17, 15) is 4.79 Å². The molecule has 2 heterocycles. The number of carbonyl (C=O) groups excluding carboxylic acids is 1. The van der Waals surface area contributed by atoms with Crippen LogP contribution in [0.3, 0.4) is 0 Å². The molecule has 0 amide bonds. The van der Waals surface area contributed by atoms with Crippen molar-refractivity contribution in [3.05, 3.63) is 47.5 Å². The number of carbonyl (C=O) groups is 1. The van der Waals surface area contributed by atoms with Crippen molar-refractivity contribution in [2.75, 3.05) is 7.11 Å². The highest BCUT2D eigenvalue weighted by molar-refractivity contribution is 6.29. The fraction of sp³-hybridized carbons (Fsp3) is 0.0833. The molecule has 0 aliphatic carbocycles. The van der Waals surface area contributed by atoms with E-state index >= 15 is 0 Å². The van der Waals surface area contributed by atoms with Crippen molar-refractivity contribution in [2.24, 2.45) is 0 Å². The number of halogens is 1. The van der Waals surface area contributed by atoms with E-state index in [-0.39, 0.29) is 10.8 Å². The Morgan fingerprint density at radius 2 is 1.94 bits per heavy atom. The first-order chi connectivity index (χ1) is 8.22. The van der Waals surface area contributed by atoms with Gasteiger partial charge >= 0.3 is 5.97 Å². The van der Waals surface area contributed by atoms with Crippen molar-refractivity contribution < 1.29 is 9.53 Å². The van der Waals surface area contributed by atoms with E-state index < -0.39 is 5.97 Å². The van der Waals surface area contributed by atoms with Gasteiger partial charge in [-0.15, -0.1) is 0 Å². The van der Waals surface area contributed by atoms with Crippen LogP contribution in [0.2, 0.25) is 5.15 Å². The zero-order valence-corrected chi connectivity index (χ0v) is 9.81. The van der Waals surface area contributed by atoms with Crippen LogP contribution in [0.1, 0.15) is 10.5 Å². The summed E-state index contributed by atoms with van der Waals surface area (Å²) >= 11 is 5.77. The number of esters is 1. The molecule has 0 N–H and O–H groups in total. The lowest BCUT2D eigenvalue weighted by Gasteiger charge is -2.07. The lowest BCUT2D eigenvalue weighted by molar-refractivity contribution is 0.0595. The second-order valence-electron chi connectivity index (χ2n) is 3.26. The molecule has 17 heavy (non-hydrogen) atoms. The third-order valence-electron chi connectivity index (χ3n) is 2.23. The van der Waals surface area contributed by atoms with Crippen LogP contribution < -0.4 is 0 Å². The molecule has 0 aliphatic rings. The Balaban J connectivity index is 2.58. The number of aromatic nitrogens is 2. The maximum Gasteiger partial charge on any atom is 0.357 e. The summed E-state index contributed by atoms with van der Waals surface area (Å²) < 4.78 is 4.68. The van der Waals surface area contributed by atoms with E-state index in [0.717, 1.165) is 5.56 Å². The number of hydrogen-bond donors (Lipinski definition) is 0. The molecule has 0 radical (unpaired) electrons. The smallest absolute Gasteiger partial charge is 0.357 e. The molecule has 5 heteroatoms. The van der Waals surface area contributed by atoms with E-state index in [1.807, 2.05) is 0 Å². The molecule has 0 atom stereocenters. The molecule has 0 aliphatic heterocycles. The second-order valence-corrected chi connectivity index (χ2v) is 3.64. The van der Waals surface area contributed by atoms with E-state index in [0.29, 0.717) is 5.56 Å². The van der Waals surface area contributed by atoms with Crippen LogP contribution in [0.5, 0.6) is 0 Å². The average molecular weight is 249 g/mol. The number of ether oxygens (including phenoxy) is 1. The van der Waals surface area contributed by atoms with E-state index in [1.54, 1.807) is 36.7 Å². The molecule has 0 spiro atoms. The molecular formula is C12H9ClN2O2. The minimum absolute atomic E-state index is 0.200. The lowest BCUT2D eigenvalue weighted by Crippen LogP contribution is -2.06. The first-order valence-corrected chi connectivity index (χ1v) is 5.25. The maximum atomic E-state index is 11.6.